The minimum absolute atomic E-state index is 0.210. The van der Waals surface area contributed by atoms with Crippen LogP contribution in [0.4, 0.5) is 0 Å². The number of hydrogen-bond acceptors (Lipinski definition) is 7. The fourth-order valence-electron chi connectivity index (χ4n) is 9.28. The number of nitrogens with zero attached hydrogens (tertiary/aromatic N) is 1. The summed E-state index contributed by atoms with van der Waals surface area (Å²) in [4.78, 5) is 49.4. The minimum Gasteiger partial charge on any atom is -0.390 e. The zero-order chi connectivity index (χ0) is 58.1. The molecule has 10 heteroatoms. The lowest BCUT2D eigenvalue weighted by molar-refractivity contribution is -0.0482. The second-order valence-electron chi connectivity index (χ2n) is 21.9. The fourth-order valence-corrected chi connectivity index (χ4v) is 11.6. The van der Waals surface area contributed by atoms with Crippen LogP contribution in [-0.2, 0) is 22.3 Å². The van der Waals surface area contributed by atoms with Crippen molar-refractivity contribution in [2.24, 2.45) is 0 Å². The highest BCUT2D eigenvalue weighted by atomic mass is 31.1. The van der Waals surface area contributed by atoms with Crippen LogP contribution in [-0.4, -0.2) is 70.2 Å². The Morgan fingerprint density at radius 2 is 0.695 bits per heavy atom. The van der Waals surface area contributed by atoms with Gasteiger partial charge in [-0.05, 0) is 129 Å². The van der Waals surface area contributed by atoms with Gasteiger partial charge in [0.15, 0.2) is 0 Å². The summed E-state index contributed by atoms with van der Waals surface area (Å²) in [5.41, 5.74) is 8.16. The van der Waals surface area contributed by atoms with E-state index in [1.165, 1.54) is 31.9 Å². The van der Waals surface area contributed by atoms with Crippen LogP contribution in [0.5, 0.6) is 0 Å². The van der Waals surface area contributed by atoms with Crippen molar-refractivity contribution in [2.45, 2.75) is 77.7 Å². The van der Waals surface area contributed by atoms with Crippen LogP contribution in [0, 0.1) is 0 Å². The van der Waals surface area contributed by atoms with Gasteiger partial charge < -0.3 is 14.6 Å². The lowest BCUT2D eigenvalue weighted by Crippen LogP contribution is -2.45. The molecule has 82 heavy (non-hydrogen) atoms. The summed E-state index contributed by atoms with van der Waals surface area (Å²) in [6.07, 6.45) is 0.689. The van der Waals surface area contributed by atoms with Crippen molar-refractivity contribution < 1.29 is 33.8 Å². The summed E-state index contributed by atoms with van der Waals surface area (Å²) in [7, 11) is -0.446. The minimum atomic E-state index is -0.466. The van der Waals surface area contributed by atoms with Crippen molar-refractivity contribution in [3.05, 3.63) is 282 Å². The number of imide groups is 2. The fraction of sp³-hybridized carbons (Fsp3) is 0.194. The molecule has 2 heterocycles. The molecule has 416 valence electrons. The number of carbonyl (C=O) groups excluding carboxylic acids is 4. The number of nitrogens with one attached hydrogen (secondary N) is 1. The lowest BCUT2D eigenvalue weighted by Gasteiger charge is -2.30. The van der Waals surface area contributed by atoms with E-state index in [0.717, 1.165) is 22.3 Å². The molecule has 2 atom stereocenters. The average Bonchev–Trinajstić information content (AvgIpc) is 3.99. The Labute approximate surface area is 484 Å². The molecule has 9 aromatic carbocycles. The van der Waals surface area contributed by atoms with Crippen LogP contribution in [0.3, 0.4) is 0 Å². The average molecular weight is 1110 g/mol. The van der Waals surface area contributed by atoms with Crippen molar-refractivity contribution in [1.82, 2.24) is 10.2 Å². The number of fused-ring (bicyclic) bond motifs is 2. The Balaban J connectivity index is 0.000000151. The molecule has 0 saturated heterocycles. The first kappa shape index (κ1) is 59.7. The Kier molecular flexibility index (Phi) is 20.6. The molecule has 0 aliphatic carbocycles. The molecule has 9 nitrogen and oxygen atoms in total. The SMILES string of the molecule is CC(C)(C)OC[C@@H](Cc1ccc(-c2ccccc2)cc1)N1C(=O)c2ccccc2C1=O.CC(C)(C)OC[C@@H](O)Cc1ccc(-c2ccccc2)cc1.O=C1NC(=O)c2ccccc21.c1ccc(P(c2ccccc2)c2ccccc2)cc1. The molecule has 0 saturated carbocycles. The number of aliphatic hydroxyl groups excluding tert-OH is 1. The van der Waals surface area contributed by atoms with Gasteiger partial charge in [0, 0.05) is 6.42 Å². The Morgan fingerprint density at radius 3 is 1.06 bits per heavy atom. The lowest BCUT2D eigenvalue weighted by atomic mass is 10.00. The molecule has 0 unspecified atom stereocenters. The molecule has 0 radical (unpaired) electrons. The first-order valence-corrected chi connectivity index (χ1v) is 29.0. The summed E-state index contributed by atoms with van der Waals surface area (Å²) in [5.74, 6) is -1.09. The molecule has 2 N–H and O–H groups in total. The van der Waals surface area contributed by atoms with E-state index in [1.807, 2.05) is 77.9 Å². The van der Waals surface area contributed by atoms with Crippen LogP contribution in [0.2, 0.25) is 0 Å². The maximum absolute atomic E-state index is 13.1. The van der Waals surface area contributed by atoms with Crippen molar-refractivity contribution in [3.63, 3.8) is 0 Å². The second-order valence-corrected chi connectivity index (χ2v) is 24.1. The van der Waals surface area contributed by atoms with Crippen molar-refractivity contribution in [3.8, 4) is 22.3 Å². The Morgan fingerprint density at radius 1 is 0.390 bits per heavy atom. The summed E-state index contributed by atoms with van der Waals surface area (Å²) in [5, 5.41) is 16.4. The molecule has 0 spiro atoms. The van der Waals surface area contributed by atoms with Gasteiger partial charge in [0.2, 0.25) is 0 Å². The predicted octanol–water partition coefficient (Wildman–Crippen LogP) is 13.5. The zero-order valence-electron chi connectivity index (χ0n) is 47.4. The number of carbonyl (C=O) groups is 4. The normalized spacial score (nSPS) is 13.3. The number of aliphatic hydroxyl groups is 1. The molecule has 0 fully saturated rings. The van der Waals surface area contributed by atoms with Gasteiger partial charge in [-0.1, -0.05) is 224 Å². The molecular weight excluding hydrogens is 1040 g/mol. The highest BCUT2D eigenvalue weighted by molar-refractivity contribution is 7.79. The molecule has 9 aromatic rings. The number of benzene rings is 9. The van der Waals surface area contributed by atoms with Crippen LogP contribution >= 0.6 is 7.92 Å². The van der Waals surface area contributed by atoms with E-state index in [4.69, 9.17) is 9.47 Å². The Hall–Kier alpha value is -8.43. The topological polar surface area (TPSA) is 122 Å². The van der Waals surface area contributed by atoms with E-state index in [9.17, 15) is 24.3 Å². The molecule has 2 aliphatic heterocycles. The van der Waals surface area contributed by atoms with Gasteiger partial charge in [0.1, 0.15) is 0 Å². The maximum atomic E-state index is 13.1. The predicted molar refractivity (Wildman–Crippen MR) is 333 cm³/mol. The number of amides is 4. The maximum Gasteiger partial charge on any atom is 0.261 e. The number of ether oxygens (including phenoxy) is 2. The van der Waals surface area contributed by atoms with Crippen molar-refractivity contribution in [2.75, 3.05) is 13.2 Å². The Bertz CT molecular complexity index is 3330. The third kappa shape index (κ3) is 16.8. The highest BCUT2D eigenvalue weighted by Crippen LogP contribution is 2.33. The summed E-state index contributed by atoms with van der Waals surface area (Å²) >= 11 is 0. The summed E-state index contributed by atoms with van der Waals surface area (Å²) in [6.45, 7) is 12.6. The molecule has 0 bridgehead atoms. The first-order chi connectivity index (χ1) is 39.5. The molecule has 0 aromatic heterocycles. The highest BCUT2D eigenvalue weighted by Gasteiger charge is 2.40. The third-order valence-electron chi connectivity index (χ3n) is 13.4. The second kappa shape index (κ2) is 28.3. The van der Waals surface area contributed by atoms with Gasteiger partial charge in [0.05, 0.1) is 58.8 Å². The van der Waals surface area contributed by atoms with Gasteiger partial charge in [-0.15, -0.1) is 0 Å². The van der Waals surface area contributed by atoms with Crippen molar-refractivity contribution >= 4 is 47.5 Å². The monoisotopic (exact) mass is 1110 g/mol. The smallest absolute Gasteiger partial charge is 0.261 e. The van der Waals surface area contributed by atoms with Gasteiger partial charge in [-0.2, -0.15) is 0 Å². The molecule has 4 amide bonds. The molecule has 2 aliphatic rings. The molecular formula is C72H71N2O7P. The van der Waals surface area contributed by atoms with Crippen LogP contribution in [0.15, 0.2) is 249 Å². The quantitative estimate of drug-likeness (QED) is 0.0821. The van der Waals surface area contributed by atoms with E-state index in [2.05, 4.69) is 169 Å². The van der Waals surface area contributed by atoms with Gasteiger partial charge in [0.25, 0.3) is 23.6 Å². The van der Waals surface area contributed by atoms with Crippen molar-refractivity contribution in [1.29, 1.82) is 0 Å². The zero-order valence-corrected chi connectivity index (χ0v) is 48.3. The number of rotatable bonds is 14. The van der Waals surface area contributed by atoms with E-state index in [-0.39, 0.29) is 47.5 Å². The van der Waals surface area contributed by atoms with Crippen LogP contribution < -0.4 is 21.2 Å². The summed E-state index contributed by atoms with van der Waals surface area (Å²) < 4.78 is 11.6. The van der Waals surface area contributed by atoms with E-state index in [1.54, 1.807) is 48.5 Å². The van der Waals surface area contributed by atoms with E-state index in [0.29, 0.717) is 41.7 Å². The first-order valence-electron chi connectivity index (χ1n) is 27.6. The number of hydrogen-bond donors (Lipinski definition) is 2. The largest absolute Gasteiger partial charge is 0.390 e. The summed E-state index contributed by atoms with van der Waals surface area (Å²) in [6, 6.07) is 82.8. The third-order valence-corrected chi connectivity index (χ3v) is 15.8. The van der Waals surface area contributed by atoms with Crippen LogP contribution in [0.25, 0.3) is 22.3 Å². The van der Waals surface area contributed by atoms with Gasteiger partial charge in [-0.3, -0.25) is 29.4 Å². The van der Waals surface area contributed by atoms with E-state index < -0.39 is 14.0 Å². The molecule has 11 rings (SSSR count). The van der Waals surface area contributed by atoms with Gasteiger partial charge >= 0.3 is 0 Å². The van der Waals surface area contributed by atoms with Gasteiger partial charge in [-0.25, -0.2) is 0 Å². The standard InChI is InChI=1S/C27H27NO3.C19H24O2.C18H15P.C8H5NO2/c1-27(2,3)31-18-22(28-25(29)23-11-7-8-12-24(23)26(28)30)17-19-13-15-21(16-14-19)20-9-5-4-6-10-20;1-19(2,3)21-14-18(20)13-15-9-11-17(12-10-15)16-7-5-4-6-8-16;1-4-10-16(11-5-1)19(17-12-6-2-7-13-17)18-14-8-3-9-15-18;10-7-5-3-1-2-4-6(5)8(11)9-7/h4-16,22H,17-18H2,1-3H3;4-12,18,20H,13-14H2,1-3H3;1-15H;1-4H,(H,9,10,11)/t22-;18-;;/m10../s1. The van der Waals surface area contributed by atoms with E-state index >= 15 is 0 Å². The van der Waals surface area contributed by atoms with Crippen LogP contribution in [0.1, 0.15) is 94.1 Å².